The highest BCUT2D eigenvalue weighted by molar-refractivity contribution is 6.08. The van der Waals surface area contributed by atoms with E-state index in [9.17, 15) is 5.11 Å². The van der Waals surface area contributed by atoms with Gasteiger partial charge in [-0.15, -0.1) is 0 Å². The van der Waals surface area contributed by atoms with Crippen LogP contribution >= 0.6 is 0 Å². The third-order valence-corrected chi connectivity index (χ3v) is 3.09. The molecule has 0 saturated heterocycles. The van der Waals surface area contributed by atoms with Crippen LogP contribution in [0.15, 0.2) is 61.2 Å². The molecule has 0 aliphatic heterocycles. The van der Waals surface area contributed by atoms with Crippen LogP contribution in [-0.4, -0.2) is 9.67 Å². The van der Waals surface area contributed by atoms with Gasteiger partial charge in [0.25, 0.3) is 0 Å². The van der Waals surface area contributed by atoms with Crippen LogP contribution in [0.5, 0.6) is 0 Å². The number of aliphatic hydroxyl groups excluding tert-OH is 1. The second-order valence-corrected chi connectivity index (χ2v) is 4.05. The normalized spacial score (nSPS) is 13.0. The first-order valence-corrected chi connectivity index (χ1v) is 5.61. The molecule has 1 N–H and O–H groups in total. The largest absolute Gasteiger partial charge is 0.370 e. The molecule has 2 aromatic carbocycles. The summed E-state index contributed by atoms with van der Waals surface area (Å²) in [6.45, 7) is 3.66. The first kappa shape index (κ1) is 10.1. The summed E-state index contributed by atoms with van der Waals surface area (Å²) in [7, 11) is 0. The maximum absolute atomic E-state index is 10.1. The van der Waals surface area contributed by atoms with Crippen molar-refractivity contribution in [3.8, 4) is 0 Å². The minimum absolute atomic E-state index is 0.695. The number of hydrogen-bond acceptors (Lipinski definition) is 1. The van der Waals surface area contributed by atoms with Crippen molar-refractivity contribution < 1.29 is 5.11 Å². The fraction of sp³-hybridized carbons (Fsp3) is 0.0667. The Balaban J connectivity index is 2.54. The molecule has 1 unspecified atom stereocenters. The third kappa shape index (κ3) is 1.38. The molecule has 84 valence electrons. The smallest absolute Gasteiger partial charge is 0.150 e. The predicted molar refractivity (Wildman–Crippen MR) is 70.9 cm³/mol. The van der Waals surface area contributed by atoms with Crippen molar-refractivity contribution in [3.63, 3.8) is 0 Å². The summed E-state index contributed by atoms with van der Waals surface area (Å²) in [4.78, 5) is 0. The van der Waals surface area contributed by atoms with Gasteiger partial charge >= 0.3 is 0 Å². The molecule has 0 amide bonds. The summed E-state index contributed by atoms with van der Waals surface area (Å²) in [5, 5.41) is 12.4. The van der Waals surface area contributed by atoms with E-state index in [0.29, 0.717) is 0 Å². The number of hydrogen-bond donors (Lipinski definition) is 1. The minimum Gasteiger partial charge on any atom is -0.370 e. The maximum Gasteiger partial charge on any atom is 0.150 e. The quantitative estimate of drug-likeness (QED) is 0.661. The lowest BCUT2D eigenvalue weighted by Gasteiger charge is -2.10. The number of benzene rings is 2. The van der Waals surface area contributed by atoms with E-state index in [-0.39, 0.29) is 0 Å². The Bertz CT molecular complexity index is 643. The molecule has 0 spiro atoms. The molecule has 3 aromatic rings. The fourth-order valence-corrected chi connectivity index (χ4v) is 2.34. The zero-order chi connectivity index (χ0) is 11.8. The Morgan fingerprint density at radius 1 is 0.941 bits per heavy atom. The van der Waals surface area contributed by atoms with Gasteiger partial charge in [-0.25, -0.2) is 0 Å². The van der Waals surface area contributed by atoms with Gasteiger partial charge in [-0.1, -0.05) is 43.0 Å². The molecular weight excluding hydrogens is 210 g/mol. The van der Waals surface area contributed by atoms with Gasteiger partial charge in [0, 0.05) is 10.8 Å². The number of rotatable bonds is 2. The summed E-state index contributed by atoms with van der Waals surface area (Å²) >= 11 is 0. The fourth-order valence-electron chi connectivity index (χ4n) is 2.34. The Kier molecular flexibility index (Phi) is 2.23. The van der Waals surface area contributed by atoms with Crippen LogP contribution in [0.3, 0.4) is 0 Å². The lowest BCUT2D eigenvalue weighted by atomic mass is 10.2. The van der Waals surface area contributed by atoms with Crippen molar-refractivity contribution >= 4 is 21.8 Å². The standard InChI is InChI=1S/C15H13NO/c1-2-15(17)16-13-9-5-3-7-11(13)12-8-4-6-10-14(12)16/h2-10,15,17H,1H2. The Labute approximate surface area is 99.4 Å². The van der Waals surface area contributed by atoms with Crippen molar-refractivity contribution in [1.82, 2.24) is 4.57 Å². The number of aromatic nitrogens is 1. The highest BCUT2D eigenvalue weighted by atomic mass is 16.3. The molecule has 1 aromatic heterocycles. The Morgan fingerprint density at radius 2 is 1.41 bits per heavy atom. The zero-order valence-electron chi connectivity index (χ0n) is 9.38. The van der Waals surface area contributed by atoms with Crippen molar-refractivity contribution in [2.75, 3.05) is 0 Å². The van der Waals surface area contributed by atoms with Gasteiger partial charge in [0.1, 0.15) is 6.23 Å². The molecule has 2 nitrogen and oxygen atoms in total. The highest BCUT2D eigenvalue weighted by Crippen LogP contribution is 2.30. The van der Waals surface area contributed by atoms with Gasteiger partial charge in [-0.2, -0.15) is 0 Å². The van der Waals surface area contributed by atoms with E-state index in [4.69, 9.17) is 0 Å². The highest BCUT2D eigenvalue weighted by Gasteiger charge is 2.12. The summed E-state index contributed by atoms with van der Waals surface area (Å²) in [6.07, 6.45) is 0.846. The lowest BCUT2D eigenvalue weighted by Crippen LogP contribution is -2.03. The molecule has 0 saturated carbocycles. The molecule has 1 heterocycles. The molecule has 0 radical (unpaired) electrons. The van der Waals surface area contributed by atoms with Gasteiger partial charge in [-0.3, -0.25) is 0 Å². The minimum atomic E-state index is -0.695. The molecule has 0 aliphatic carbocycles. The number of nitrogens with zero attached hydrogens (tertiary/aromatic N) is 1. The van der Waals surface area contributed by atoms with Crippen molar-refractivity contribution in [2.24, 2.45) is 0 Å². The van der Waals surface area contributed by atoms with Crippen LogP contribution in [-0.2, 0) is 0 Å². The summed E-state index contributed by atoms with van der Waals surface area (Å²) in [5.41, 5.74) is 2.06. The van der Waals surface area contributed by atoms with E-state index in [1.165, 1.54) is 0 Å². The molecule has 2 heteroatoms. The average molecular weight is 223 g/mol. The number of aliphatic hydroxyl groups is 1. The topological polar surface area (TPSA) is 25.2 Å². The van der Waals surface area contributed by atoms with E-state index in [1.54, 1.807) is 6.08 Å². The van der Waals surface area contributed by atoms with Gasteiger partial charge in [0.05, 0.1) is 11.0 Å². The van der Waals surface area contributed by atoms with Crippen LogP contribution in [0.1, 0.15) is 6.23 Å². The molecule has 0 fully saturated rings. The third-order valence-electron chi connectivity index (χ3n) is 3.09. The van der Waals surface area contributed by atoms with Crippen LogP contribution in [0.4, 0.5) is 0 Å². The van der Waals surface area contributed by atoms with Crippen LogP contribution in [0.2, 0.25) is 0 Å². The average Bonchev–Trinajstić information content (AvgIpc) is 2.72. The monoisotopic (exact) mass is 223 g/mol. The molecule has 17 heavy (non-hydrogen) atoms. The first-order valence-electron chi connectivity index (χ1n) is 5.61. The number of fused-ring (bicyclic) bond motifs is 3. The van der Waals surface area contributed by atoms with E-state index in [0.717, 1.165) is 21.8 Å². The van der Waals surface area contributed by atoms with Crippen molar-refractivity contribution in [3.05, 3.63) is 61.2 Å². The van der Waals surface area contributed by atoms with E-state index < -0.39 is 6.23 Å². The maximum atomic E-state index is 10.1. The second-order valence-electron chi connectivity index (χ2n) is 4.05. The molecule has 0 bridgehead atoms. The van der Waals surface area contributed by atoms with Crippen molar-refractivity contribution in [1.29, 1.82) is 0 Å². The van der Waals surface area contributed by atoms with Gasteiger partial charge in [0.2, 0.25) is 0 Å². The van der Waals surface area contributed by atoms with Crippen molar-refractivity contribution in [2.45, 2.75) is 6.23 Å². The summed E-state index contributed by atoms with van der Waals surface area (Å²) < 4.78 is 1.90. The second kappa shape index (κ2) is 3.75. The summed E-state index contributed by atoms with van der Waals surface area (Å²) in [6, 6.07) is 16.2. The molecular formula is C15H13NO. The number of para-hydroxylation sites is 2. The zero-order valence-corrected chi connectivity index (χ0v) is 9.38. The molecule has 0 aliphatic rings. The van der Waals surface area contributed by atoms with Crippen LogP contribution < -0.4 is 0 Å². The predicted octanol–water partition coefficient (Wildman–Crippen LogP) is 3.47. The lowest BCUT2D eigenvalue weighted by molar-refractivity contribution is 0.164. The van der Waals surface area contributed by atoms with Gasteiger partial charge < -0.3 is 9.67 Å². The van der Waals surface area contributed by atoms with Gasteiger partial charge in [0.15, 0.2) is 0 Å². The van der Waals surface area contributed by atoms with Gasteiger partial charge in [-0.05, 0) is 18.2 Å². The summed E-state index contributed by atoms with van der Waals surface area (Å²) in [5.74, 6) is 0. The van der Waals surface area contributed by atoms with Crippen LogP contribution in [0.25, 0.3) is 21.8 Å². The van der Waals surface area contributed by atoms with E-state index in [2.05, 4.69) is 18.7 Å². The Hall–Kier alpha value is -2.06. The first-order chi connectivity index (χ1) is 8.33. The van der Waals surface area contributed by atoms with Crippen LogP contribution in [0, 0.1) is 0 Å². The SMILES string of the molecule is C=CC(O)n1c2ccccc2c2ccccc21. The van der Waals surface area contributed by atoms with E-state index >= 15 is 0 Å². The van der Waals surface area contributed by atoms with E-state index in [1.807, 2.05) is 41.0 Å². The molecule has 3 rings (SSSR count). The Morgan fingerprint density at radius 3 is 1.88 bits per heavy atom. The molecule has 1 atom stereocenters.